The lowest BCUT2D eigenvalue weighted by Gasteiger charge is -2.07. The van der Waals surface area contributed by atoms with Gasteiger partial charge in [0.1, 0.15) is 0 Å². The van der Waals surface area contributed by atoms with Crippen LogP contribution in [-0.2, 0) is 19.1 Å². The number of ether oxygens (including phenoxy) is 2. The molecule has 0 aliphatic rings. The number of rotatable bonds is 5. The molecule has 0 aliphatic heterocycles. The quantitative estimate of drug-likeness (QED) is 0.286. The first-order valence-corrected chi connectivity index (χ1v) is 3.86. The van der Waals surface area contributed by atoms with E-state index in [9.17, 15) is 9.59 Å². The van der Waals surface area contributed by atoms with Crippen molar-refractivity contribution in [1.82, 2.24) is 0 Å². The Balaban J connectivity index is 3.87. The van der Waals surface area contributed by atoms with E-state index in [2.05, 4.69) is 19.5 Å². The molecule has 78 valence electrons. The minimum absolute atomic E-state index is 0.0500. The smallest absolute Gasteiger partial charge is 0.309 e. The number of carbonyl (C=O) groups excluding carboxylic acids is 2. The second-order valence-corrected chi connectivity index (χ2v) is 2.50. The van der Waals surface area contributed by atoms with E-state index in [1.54, 1.807) is 0 Å². The molecule has 0 aliphatic carbocycles. The number of hydrogen-bond acceptors (Lipinski definition) is 5. The summed E-state index contributed by atoms with van der Waals surface area (Å²) in [5.41, 5.74) is 7.89. The minimum Gasteiger partial charge on any atom is -0.469 e. The fourth-order valence-electron chi connectivity index (χ4n) is 0.677. The van der Waals surface area contributed by atoms with Crippen molar-refractivity contribution in [1.29, 1.82) is 0 Å². The van der Waals surface area contributed by atoms with Crippen LogP contribution in [0.4, 0.5) is 0 Å². The van der Waals surface area contributed by atoms with Crippen LogP contribution in [0.2, 0.25) is 0 Å². The standard InChI is InChI=1S/C7H11N3O4/c1-5(3-6(11)13-2)7(12)14-4-9-10-8/h5H,3-4H2,1-2H3. The first kappa shape index (κ1) is 12.2. The van der Waals surface area contributed by atoms with E-state index >= 15 is 0 Å². The summed E-state index contributed by atoms with van der Waals surface area (Å²) in [4.78, 5) is 24.2. The van der Waals surface area contributed by atoms with Gasteiger partial charge in [0.15, 0.2) is 6.73 Å². The molecule has 0 aromatic rings. The van der Waals surface area contributed by atoms with Crippen molar-refractivity contribution in [2.75, 3.05) is 13.8 Å². The Hall–Kier alpha value is -1.75. The molecule has 0 heterocycles. The van der Waals surface area contributed by atoms with Gasteiger partial charge < -0.3 is 9.47 Å². The van der Waals surface area contributed by atoms with E-state index < -0.39 is 17.9 Å². The van der Waals surface area contributed by atoms with Crippen LogP contribution in [0.3, 0.4) is 0 Å². The van der Waals surface area contributed by atoms with Crippen molar-refractivity contribution in [2.24, 2.45) is 11.0 Å². The summed E-state index contributed by atoms with van der Waals surface area (Å²) in [7, 11) is 1.24. The van der Waals surface area contributed by atoms with Crippen molar-refractivity contribution in [3.8, 4) is 0 Å². The predicted molar refractivity (Wildman–Crippen MR) is 45.9 cm³/mol. The van der Waals surface area contributed by atoms with E-state index in [1.807, 2.05) is 0 Å². The van der Waals surface area contributed by atoms with E-state index in [-0.39, 0.29) is 13.2 Å². The second-order valence-electron chi connectivity index (χ2n) is 2.50. The van der Waals surface area contributed by atoms with Crippen molar-refractivity contribution in [2.45, 2.75) is 13.3 Å². The second kappa shape index (κ2) is 6.73. The number of carbonyl (C=O) groups is 2. The summed E-state index contributed by atoms with van der Waals surface area (Å²) in [6.45, 7) is 1.16. The molecule has 0 aromatic carbocycles. The highest BCUT2D eigenvalue weighted by Gasteiger charge is 2.18. The van der Waals surface area contributed by atoms with E-state index in [4.69, 9.17) is 5.53 Å². The van der Waals surface area contributed by atoms with Gasteiger partial charge in [-0.25, -0.2) is 0 Å². The molecule has 0 amide bonds. The maximum absolute atomic E-state index is 11.1. The lowest BCUT2D eigenvalue weighted by atomic mass is 10.1. The van der Waals surface area contributed by atoms with E-state index in [1.165, 1.54) is 14.0 Å². The zero-order valence-corrected chi connectivity index (χ0v) is 7.97. The van der Waals surface area contributed by atoms with Gasteiger partial charge >= 0.3 is 11.9 Å². The zero-order chi connectivity index (χ0) is 11.0. The van der Waals surface area contributed by atoms with Gasteiger partial charge in [-0.2, -0.15) is 0 Å². The summed E-state index contributed by atoms with van der Waals surface area (Å²) >= 11 is 0. The molecule has 1 atom stereocenters. The first-order valence-electron chi connectivity index (χ1n) is 3.86. The average molecular weight is 201 g/mol. The molecule has 14 heavy (non-hydrogen) atoms. The topological polar surface area (TPSA) is 101 Å². The van der Waals surface area contributed by atoms with Crippen LogP contribution in [-0.4, -0.2) is 25.8 Å². The summed E-state index contributed by atoms with van der Waals surface area (Å²) in [5.74, 6) is -1.68. The Morgan fingerprint density at radius 2 is 2.21 bits per heavy atom. The van der Waals surface area contributed by atoms with Gasteiger partial charge in [-0.05, 0) is 5.53 Å². The number of esters is 2. The predicted octanol–water partition coefficient (Wildman–Crippen LogP) is 0.997. The molecular formula is C7H11N3O4. The lowest BCUT2D eigenvalue weighted by Crippen LogP contribution is -2.18. The normalized spacial score (nSPS) is 11.0. The molecule has 7 nitrogen and oxygen atoms in total. The molecule has 0 aromatic heterocycles. The van der Waals surface area contributed by atoms with Gasteiger partial charge in [0.25, 0.3) is 0 Å². The third-order valence-corrected chi connectivity index (χ3v) is 1.43. The maximum atomic E-state index is 11.1. The number of azide groups is 1. The zero-order valence-electron chi connectivity index (χ0n) is 7.97. The van der Waals surface area contributed by atoms with Crippen LogP contribution in [0.1, 0.15) is 13.3 Å². The molecule has 0 spiro atoms. The summed E-state index contributed by atoms with van der Waals surface area (Å²) in [6.07, 6.45) is -0.0500. The Morgan fingerprint density at radius 3 is 2.71 bits per heavy atom. The fraction of sp³-hybridized carbons (Fsp3) is 0.714. The van der Waals surface area contributed by atoms with Gasteiger partial charge in [0.05, 0.1) is 19.4 Å². The number of methoxy groups -OCH3 is 1. The molecule has 0 rings (SSSR count). The highest BCUT2D eigenvalue weighted by molar-refractivity contribution is 5.79. The van der Waals surface area contributed by atoms with Gasteiger partial charge in [-0.3, -0.25) is 9.59 Å². The molecular weight excluding hydrogens is 190 g/mol. The summed E-state index contributed by atoms with van der Waals surface area (Å²) in [6, 6.07) is 0. The number of nitrogens with zero attached hydrogens (tertiary/aromatic N) is 3. The van der Waals surface area contributed by atoms with Crippen molar-refractivity contribution >= 4 is 11.9 Å². The van der Waals surface area contributed by atoms with E-state index in [0.29, 0.717) is 0 Å². The minimum atomic E-state index is -0.601. The Morgan fingerprint density at radius 1 is 1.57 bits per heavy atom. The molecule has 7 heteroatoms. The molecule has 0 fully saturated rings. The molecule has 0 bridgehead atoms. The van der Waals surface area contributed by atoms with Crippen molar-refractivity contribution < 1.29 is 19.1 Å². The van der Waals surface area contributed by atoms with Crippen LogP contribution >= 0.6 is 0 Å². The van der Waals surface area contributed by atoms with Crippen LogP contribution in [0.5, 0.6) is 0 Å². The molecule has 1 unspecified atom stereocenters. The highest BCUT2D eigenvalue weighted by Crippen LogP contribution is 2.05. The highest BCUT2D eigenvalue weighted by atomic mass is 16.5. The monoisotopic (exact) mass is 201 g/mol. The molecule has 0 radical (unpaired) electrons. The third-order valence-electron chi connectivity index (χ3n) is 1.43. The van der Waals surface area contributed by atoms with Crippen molar-refractivity contribution in [3.05, 3.63) is 10.4 Å². The van der Waals surface area contributed by atoms with Crippen LogP contribution in [0, 0.1) is 5.92 Å². The van der Waals surface area contributed by atoms with Gasteiger partial charge in [0, 0.05) is 4.91 Å². The van der Waals surface area contributed by atoms with Crippen molar-refractivity contribution in [3.63, 3.8) is 0 Å². The fourth-order valence-corrected chi connectivity index (χ4v) is 0.677. The largest absolute Gasteiger partial charge is 0.469 e. The summed E-state index contributed by atoms with van der Waals surface area (Å²) in [5, 5.41) is 3.01. The van der Waals surface area contributed by atoms with Crippen LogP contribution in [0.25, 0.3) is 10.4 Å². The van der Waals surface area contributed by atoms with Crippen LogP contribution in [0.15, 0.2) is 5.11 Å². The van der Waals surface area contributed by atoms with Crippen LogP contribution < -0.4 is 0 Å². The number of hydrogen-bond donors (Lipinski definition) is 0. The van der Waals surface area contributed by atoms with Gasteiger partial charge in [0.2, 0.25) is 0 Å². The maximum Gasteiger partial charge on any atom is 0.309 e. The van der Waals surface area contributed by atoms with Gasteiger partial charge in [-0.15, -0.1) is 0 Å². The molecule has 0 saturated carbocycles. The lowest BCUT2D eigenvalue weighted by molar-refractivity contribution is -0.153. The Labute approximate surface area is 80.6 Å². The average Bonchev–Trinajstić information content (AvgIpc) is 2.17. The Bertz CT molecular complexity index is 260. The third kappa shape index (κ3) is 5.00. The summed E-state index contributed by atoms with van der Waals surface area (Å²) < 4.78 is 8.89. The van der Waals surface area contributed by atoms with Gasteiger partial charge in [-0.1, -0.05) is 12.0 Å². The molecule has 0 N–H and O–H groups in total. The van der Waals surface area contributed by atoms with E-state index in [0.717, 1.165) is 0 Å². The molecule has 0 saturated heterocycles. The SMILES string of the molecule is COC(=O)CC(C)C(=O)OCN=[N+]=[N-]. The first-order chi connectivity index (χ1) is 6.61. The Kier molecular flexibility index (Phi) is 5.89.